The molecule has 0 saturated carbocycles. The number of carbonyl (C=O) groups is 2. The van der Waals surface area contributed by atoms with Crippen molar-refractivity contribution in [3.05, 3.63) is 23.7 Å². The number of likely N-dealkylation sites (tertiary alicyclic amines) is 2. The number of aryl methyl sites for hydroxylation is 1. The summed E-state index contributed by atoms with van der Waals surface area (Å²) in [5.74, 6) is 2.27. The molecule has 2 saturated heterocycles. The molecule has 0 aromatic carbocycles. The van der Waals surface area contributed by atoms with Crippen LogP contribution in [-0.4, -0.2) is 66.8 Å². The molecule has 2 amide bonds. The Labute approximate surface area is 143 Å². The van der Waals surface area contributed by atoms with Crippen LogP contribution in [0.25, 0.3) is 0 Å². The van der Waals surface area contributed by atoms with Gasteiger partial charge in [-0.1, -0.05) is 6.92 Å². The summed E-state index contributed by atoms with van der Waals surface area (Å²) < 4.78 is 5.67. The maximum atomic E-state index is 13.0. The second kappa shape index (κ2) is 6.24. The lowest BCUT2D eigenvalue weighted by molar-refractivity contribution is -0.142. The highest BCUT2D eigenvalue weighted by molar-refractivity contribution is 5.90. The van der Waals surface area contributed by atoms with Crippen LogP contribution in [-0.2, 0) is 16.1 Å². The first-order valence-corrected chi connectivity index (χ1v) is 8.59. The molecule has 6 nitrogen and oxygen atoms in total. The summed E-state index contributed by atoms with van der Waals surface area (Å²) in [5.41, 5.74) is -0.339. The van der Waals surface area contributed by atoms with Crippen LogP contribution < -0.4 is 0 Å². The van der Waals surface area contributed by atoms with E-state index in [1.807, 2.05) is 19.1 Å². The maximum Gasteiger partial charge on any atom is 0.241 e. The first kappa shape index (κ1) is 17.0. The van der Waals surface area contributed by atoms with Gasteiger partial charge in [0.2, 0.25) is 11.8 Å². The normalized spacial score (nSPS) is 27.4. The Morgan fingerprint density at radius 1 is 1.42 bits per heavy atom. The molecule has 2 fully saturated rings. The monoisotopic (exact) mass is 333 g/mol. The van der Waals surface area contributed by atoms with E-state index in [1.165, 1.54) is 0 Å². The topological polar surface area (TPSA) is 57.0 Å². The first-order valence-electron chi connectivity index (χ1n) is 8.59. The molecule has 0 radical (unpaired) electrons. The van der Waals surface area contributed by atoms with Gasteiger partial charge in [-0.25, -0.2) is 0 Å². The fourth-order valence-electron chi connectivity index (χ4n) is 4.01. The van der Waals surface area contributed by atoms with Gasteiger partial charge < -0.3 is 14.2 Å². The number of likely N-dealkylation sites (N-methyl/N-ethyl adjacent to an activating group) is 1. The van der Waals surface area contributed by atoms with Gasteiger partial charge in [-0.15, -0.1) is 0 Å². The van der Waals surface area contributed by atoms with Crippen molar-refractivity contribution in [2.75, 3.05) is 40.3 Å². The van der Waals surface area contributed by atoms with Crippen LogP contribution in [0.4, 0.5) is 0 Å². The van der Waals surface area contributed by atoms with E-state index < -0.39 is 0 Å². The third-order valence-corrected chi connectivity index (χ3v) is 5.52. The molecule has 6 heteroatoms. The predicted octanol–water partition coefficient (Wildman–Crippen LogP) is 1.35. The van der Waals surface area contributed by atoms with Crippen LogP contribution in [0.1, 0.15) is 24.9 Å². The van der Waals surface area contributed by atoms with Crippen LogP contribution in [0.3, 0.4) is 0 Å². The SMILES string of the molecule is Cc1ccc(CN2C[C@@H](C)[C@@]3(CCN(CC(=O)N(C)C)C3=O)C2)o1. The fraction of sp³-hybridized carbons (Fsp3) is 0.667. The van der Waals surface area contributed by atoms with E-state index in [4.69, 9.17) is 4.42 Å². The second-order valence-electron chi connectivity index (χ2n) is 7.50. The molecule has 1 spiro atoms. The van der Waals surface area contributed by atoms with E-state index in [0.29, 0.717) is 12.5 Å². The van der Waals surface area contributed by atoms with Crippen LogP contribution in [0, 0.1) is 18.3 Å². The third-order valence-electron chi connectivity index (χ3n) is 5.52. The van der Waals surface area contributed by atoms with Crippen molar-refractivity contribution >= 4 is 11.8 Å². The zero-order valence-electron chi connectivity index (χ0n) is 15.0. The van der Waals surface area contributed by atoms with Crippen molar-refractivity contribution in [3.8, 4) is 0 Å². The average Bonchev–Trinajstić information content (AvgIpc) is 3.15. The summed E-state index contributed by atoms with van der Waals surface area (Å²) in [6, 6.07) is 3.98. The van der Waals surface area contributed by atoms with Gasteiger partial charge in [-0.3, -0.25) is 14.5 Å². The third kappa shape index (κ3) is 2.95. The number of amides is 2. The summed E-state index contributed by atoms with van der Waals surface area (Å²) >= 11 is 0. The number of nitrogens with zero attached hydrogens (tertiary/aromatic N) is 3. The molecule has 1 aromatic heterocycles. The molecule has 2 aliphatic heterocycles. The Morgan fingerprint density at radius 3 is 2.79 bits per heavy atom. The summed E-state index contributed by atoms with van der Waals surface area (Å²) in [4.78, 5) is 30.5. The first-order chi connectivity index (χ1) is 11.3. The van der Waals surface area contributed by atoms with E-state index in [9.17, 15) is 9.59 Å². The zero-order valence-corrected chi connectivity index (χ0v) is 15.0. The van der Waals surface area contributed by atoms with Gasteiger partial charge in [-0.05, 0) is 31.4 Å². The van der Waals surface area contributed by atoms with Crippen molar-refractivity contribution in [2.45, 2.75) is 26.8 Å². The lowest BCUT2D eigenvalue weighted by atomic mass is 9.78. The standard InChI is InChI=1S/C18H27N3O3/c1-13-9-20(10-15-6-5-14(2)24-15)12-18(13)7-8-21(17(18)23)11-16(22)19(3)4/h5-6,13H,7-12H2,1-4H3/t13-,18-/m1/s1. The molecule has 3 rings (SSSR count). The predicted molar refractivity (Wildman–Crippen MR) is 90.2 cm³/mol. The molecule has 2 aliphatic rings. The van der Waals surface area contributed by atoms with E-state index in [0.717, 1.165) is 37.6 Å². The van der Waals surface area contributed by atoms with Crippen LogP contribution in [0.5, 0.6) is 0 Å². The fourth-order valence-corrected chi connectivity index (χ4v) is 4.01. The Morgan fingerprint density at radius 2 is 2.17 bits per heavy atom. The molecular formula is C18H27N3O3. The molecular weight excluding hydrogens is 306 g/mol. The van der Waals surface area contributed by atoms with Gasteiger partial charge in [0.15, 0.2) is 0 Å². The molecule has 1 aromatic rings. The number of furan rings is 1. The minimum Gasteiger partial charge on any atom is -0.465 e. The van der Waals surface area contributed by atoms with Crippen molar-refractivity contribution in [1.29, 1.82) is 0 Å². The lowest BCUT2D eigenvalue weighted by Crippen LogP contribution is -2.43. The van der Waals surface area contributed by atoms with Crippen LogP contribution in [0.2, 0.25) is 0 Å². The highest BCUT2D eigenvalue weighted by Crippen LogP contribution is 2.45. The van der Waals surface area contributed by atoms with Crippen molar-refractivity contribution < 1.29 is 14.0 Å². The van der Waals surface area contributed by atoms with Crippen molar-refractivity contribution in [2.24, 2.45) is 11.3 Å². The van der Waals surface area contributed by atoms with Crippen molar-refractivity contribution in [1.82, 2.24) is 14.7 Å². The van der Waals surface area contributed by atoms with Crippen LogP contribution >= 0.6 is 0 Å². The van der Waals surface area contributed by atoms with E-state index in [-0.39, 0.29) is 23.8 Å². The Bertz CT molecular complexity index is 639. The molecule has 0 N–H and O–H groups in total. The minimum atomic E-state index is -0.339. The minimum absolute atomic E-state index is 0.0195. The molecule has 3 heterocycles. The van der Waals surface area contributed by atoms with Gasteiger partial charge in [0.1, 0.15) is 11.5 Å². The van der Waals surface area contributed by atoms with Gasteiger partial charge in [-0.2, -0.15) is 0 Å². The molecule has 24 heavy (non-hydrogen) atoms. The largest absolute Gasteiger partial charge is 0.465 e. The summed E-state index contributed by atoms with van der Waals surface area (Å²) in [7, 11) is 3.45. The van der Waals surface area contributed by atoms with Gasteiger partial charge in [0.05, 0.1) is 18.5 Å². The van der Waals surface area contributed by atoms with Crippen molar-refractivity contribution in [3.63, 3.8) is 0 Å². The number of carbonyl (C=O) groups excluding carboxylic acids is 2. The highest BCUT2D eigenvalue weighted by Gasteiger charge is 2.55. The molecule has 2 atom stereocenters. The molecule has 0 bridgehead atoms. The smallest absolute Gasteiger partial charge is 0.241 e. The Kier molecular flexibility index (Phi) is 4.42. The zero-order chi connectivity index (χ0) is 17.5. The summed E-state index contributed by atoms with van der Waals surface area (Å²) in [6.45, 7) is 7.35. The molecule has 0 aliphatic carbocycles. The summed E-state index contributed by atoms with van der Waals surface area (Å²) in [6.07, 6.45) is 0.835. The molecule has 132 valence electrons. The number of hydrogen-bond donors (Lipinski definition) is 0. The quantitative estimate of drug-likeness (QED) is 0.834. The van der Waals surface area contributed by atoms with Crippen LogP contribution in [0.15, 0.2) is 16.5 Å². The Hall–Kier alpha value is -1.82. The van der Waals surface area contributed by atoms with Gasteiger partial charge >= 0.3 is 0 Å². The average molecular weight is 333 g/mol. The van der Waals surface area contributed by atoms with E-state index in [2.05, 4.69) is 11.8 Å². The lowest BCUT2D eigenvalue weighted by Gasteiger charge is -2.27. The highest BCUT2D eigenvalue weighted by atomic mass is 16.3. The summed E-state index contributed by atoms with van der Waals surface area (Å²) in [5, 5.41) is 0. The maximum absolute atomic E-state index is 13.0. The number of hydrogen-bond acceptors (Lipinski definition) is 4. The van der Waals surface area contributed by atoms with Gasteiger partial charge in [0, 0.05) is 33.7 Å². The Balaban J connectivity index is 1.67. The van der Waals surface area contributed by atoms with E-state index in [1.54, 1.807) is 23.9 Å². The molecule has 0 unspecified atom stereocenters. The van der Waals surface area contributed by atoms with E-state index >= 15 is 0 Å². The number of rotatable bonds is 4. The second-order valence-corrected chi connectivity index (χ2v) is 7.50. The van der Waals surface area contributed by atoms with Gasteiger partial charge in [0.25, 0.3) is 0 Å².